The summed E-state index contributed by atoms with van der Waals surface area (Å²) >= 11 is 0. The number of aryl methyl sites for hydroxylation is 1. The highest BCUT2D eigenvalue weighted by Crippen LogP contribution is 2.13. The number of nitrogens with one attached hydrogen (secondary N) is 1. The zero-order chi connectivity index (χ0) is 13.1. The van der Waals surface area contributed by atoms with Crippen LogP contribution in [0.4, 0.5) is 5.82 Å². The van der Waals surface area contributed by atoms with Crippen molar-refractivity contribution >= 4 is 11.7 Å². The number of amides is 1. The SMILES string of the molecule is Cc1cnc(C(C)NC(=O)c2ccnc(N)c2)o1. The molecule has 2 heterocycles. The molecule has 2 rings (SSSR count). The van der Waals surface area contributed by atoms with Gasteiger partial charge in [0.05, 0.1) is 6.20 Å². The summed E-state index contributed by atoms with van der Waals surface area (Å²) in [4.78, 5) is 19.8. The van der Waals surface area contributed by atoms with Gasteiger partial charge in [0.2, 0.25) is 5.89 Å². The maximum atomic E-state index is 11.9. The molecule has 1 amide bonds. The summed E-state index contributed by atoms with van der Waals surface area (Å²) in [5, 5.41) is 2.77. The monoisotopic (exact) mass is 246 g/mol. The highest BCUT2D eigenvalue weighted by Gasteiger charge is 2.15. The van der Waals surface area contributed by atoms with Crippen LogP contribution in [0.25, 0.3) is 0 Å². The van der Waals surface area contributed by atoms with E-state index in [0.717, 1.165) is 0 Å². The van der Waals surface area contributed by atoms with Gasteiger partial charge in [0.25, 0.3) is 5.91 Å². The number of hydrogen-bond donors (Lipinski definition) is 2. The Kier molecular flexibility index (Phi) is 3.27. The topological polar surface area (TPSA) is 94.0 Å². The van der Waals surface area contributed by atoms with Crippen LogP contribution in [-0.2, 0) is 0 Å². The highest BCUT2D eigenvalue weighted by atomic mass is 16.4. The van der Waals surface area contributed by atoms with Crippen molar-refractivity contribution in [2.24, 2.45) is 0 Å². The molecule has 3 N–H and O–H groups in total. The summed E-state index contributed by atoms with van der Waals surface area (Å²) < 4.78 is 5.34. The van der Waals surface area contributed by atoms with Crippen LogP contribution in [0.2, 0.25) is 0 Å². The minimum absolute atomic E-state index is 0.243. The van der Waals surface area contributed by atoms with Gasteiger partial charge in [0.1, 0.15) is 17.6 Å². The maximum Gasteiger partial charge on any atom is 0.252 e. The average Bonchev–Trinajstić information content (AvgIpc) is 2.76. The van der Waals surface area contributed by atoms with E-state index in [1.54, 1.807) is 26.1 Å². The molecular weight excluding hydrogens is 232 g/mol. The van der Waals surface area contributed by atoms with Gasteiger partial charge in [-0.05, 0) is 26.0 Å². The Morgan fingerprint density at radius 2 is 2.28 bits per heavy atom. The van der Waals surface area contributed by atoms with Crippen LogP contribution in [0.3, 0.4) is 0 Å². The molecular formula is C12H14N4O2. The molecule has 6 nitrogen and oxygen atoms in total. The van der Waals surface area contributed by atoms with Crippen LogP contribution in [0.5, 0.6) is 0 Å². The quantitative estimate of drug-likeness (QED) is 0.854. The van der Waals surface area contributed by atoms with Crippen LogP contribution in [0.1, 0.15) is 35.0 Å². The summed E-state index contributed by atoms with van der Waals surface area (Å²) in [6, 6.07) is 2.81. The van der Waals surface area contributed by atoms with Crippen molar-refractivity contribution in [1.82, 2.24) is 15.3 Å². The molecule has 0 aliphatic heterocycles. The molecule has 18 heavy (non-hydrogen) atoms. The van der Waals surface area contributed by atoms with Gasteiger partial charge < -0.3 is 15.5 Å². The van der Waals surface area contributed by atoms with E-state index in [4.69, 9.17) is 10.2 Å². The number of carbonyl (C=O) groups excluding carboxylic acids is 1. The number of carbonyl (C=O) groups is 1. The molecule has 1 unspecified atom stereocenters. The van der Waals surface area contributed by atoms with Gasteiger partial charge in [-0.3, -0.25) is 4.79 Å². The largest absolute Gasteiger partial charge is 0.444 e. The number of hydrogen-bond acceptors (Lipinski definition) is 5. The Labute approximate surface area is 104 Å². The summed E-state index contributed by atoms with van der Waals surface area (Å²) in [7, 11) is 0. The second-order valence-electron chi connectivity index (χ2n) is 3.97. The Morgan fingerprint density at radius 1 is 1.50 bits per heavy atom. The second kappa shape index (κ2) is 4.87. The van der Waals surface area contributed by atoms with E-state index in [1.807, 2.05) is 0 Å². The van der Waals surface area contributed by atoms with Gasteiger partial charge in [-0.1, -0.05) is 0 Å². The lowest BCUT2D eigenvalue weighted by atomic mass is 10.2. The standard InChI is InChI=1S/C12H14N4O2/c1-7-6-15-12(18-7)8(2)16-11(17)9-3-4-14-10(13)5-9/h3-6,8H,1-2H3,(H2,13,14)(H,16,17). The lowest BCUT2D eigenvalue weighted by Crippen LogP contribution is -2.26. The molecule has 0 saturated carbocycles. The first-order chi connectivity index (χ1) is 8.56. The van der Waals surface area contributed by atoms with Crippen molar-refractivity contribution in [1.29, 1.82) is 0 Å². The van der Waals surface area contributed by atoms with Crippen LogP contribution in [-0.4, -0.2) is 15.9 Å². The molecule has 2 aromatic rings. The molecule has 0 radical (unpaired) electrons. The van der Waals surface area contributed by atoms with E-state index >= 15 is 0 Å². The van der Waals surface area contributed by atoms with Crippen molar-refractivity contribution in [2.45, 2.75) is 19.9 Å². The van der Waals surface area contributed by atoms with Crippen molar-refractivity contribution in [2.75, 3.05) is 5.73 Å². The van der Waals surface area contributed by atoms with Gasteiger partial charge in [0, 0.05) is 11.8 Å². The minimum atomic E-state index is -0.305. The second-order valence-corrected chi connectivity index (χ2v) is 3.97. The first kappa shape index (κ1) is 12.1. The van der Waals surface area contributed by atoms with Crippen molar-refractivity contribution in [3.05, 3.63) is 41.7 Å². The average molecular weight is 246 g/mol. The van der Waals surface area contributed by atoms with Gasteiger partial charge in [0.15, 0.2) is 0 Å². The fourth-order valence-electron chi connectivity index (χ4n) is 1.50. The summed E-state index contributed by atoms with van der Waals surface area (Å²) in [5.41, 5.74) is 5.98. The van der Waals surface area contributed by atoms with Gasteiger partial charge in [-0.15, -0.1) is 0 Å². The number of nitrogen functional groups attached to an aromatic ring is 1. The maximum absolute atomic E-state index is 11.9. The lowest BCUT2D eigenvalue weighted by molar-refractivity contribution is 0.0934. The fourth-order valence-corrected chi connectivity index (χ4v) is 1.50. The molecule has 0 bridgehead atoms. The van der Waals surface area contributed by atoms with Crippen LogP contribution in [0.15, 0.2) is 28.9 Å². The summed E-state index contributed by atoms with van der Waals surface area (Å²) in [5.74, 6) is 1.25. The van der Waals surface area contributed by atoms with Crippen molar-refractivity contribution in [3.63, 3.8) is 0 Å². The Morgan fingerprint density at radius 3 is 2.89 bits per heavy atom. The fraction of sp³-hybridized carbons (Fsp3) is 0.250. The van der Waals surface area contributed by atoms with Crippen LogP contribution in [0, 0.1) is 6.92 Å². The van der Waals surface area contributed by atoms with Crippen molar-refractivity contribution < 1.29 is 9.21 Å². The molecule has 0 aliphatic carbocycles. The first-order valence-corrected chi connectivity index (χ1v) is 5.51. The summed E-state index contributed by atoms with van der Waals surface area (Å²) in [6.45, 7) is 3.60. The van der Waals surface area contributed by atoms with Crippen LogP contribution >= 0.6 is 0 Å². The normalized spacial score (nSPS) is 12.1. The van der Waals surface area contributed by atoms with Gasteiger partial charge in [-0.2, -0.15) is 0 Å². The van der Waals surface area contributed by atoms with Gasteiger partial charge in [-0.25, -0.2) is 9.97 Å². The Hall–Kier alpha value is -2.37. The summed E-state index contributed by atoms with van der Waals surface area (Å²) in [6.07, 6.45) is 3.10. The molecule has 0 aromatic carbocycles. The lowest BCUT2D eigenvalue weighted by Gasteiger charge is -2.10. The molecule has 0 aliphatic rings. The third kappa shape index (κ3) is 2.65. The Bertz CT molecular complexity index is 565. The zero-order valence-corrected chi connectivity index (χ0v) is 10.2. The third-order valence-electron chi connectivity index (χ3n) is 2.40. The van der Waals surface area contributed by atoms with Gasteiger partial charge >= 0.3 is 0 Å². The van der Waals surface area contributed by atoms with E-state index in [-0.39, 0.29) is 11.9 Å². The predicted molar refractivity (Wildman–Crippen MR) is 65.8 cm³/mol. The third-order valence-corrected chi connectivity index (χ3v) is 2.40. The van der Waals surface area contributed by atoms with Crippen LogP contribution < -0.4 is 11.1 Å². The molecule has 6 heteroatoms. The number of nitrogens with two attached hydrogens (primary N) is 1. The molecule has 94 valence electrons. The number of aromatic nitrogens is 2. The molecule has 0 saturated heterocycles. The zero-order valence-electron chi connectivity index (χ0n) is 10.2. The van der Waals surface area contributed by atoms with E-state index in [2.05, 4.69) is 15.3 Å². The Balaban J connectivity index is 2.08. The number of oxazole rings is 1. The minimum Gasteiger partial charge on any atom is -0.444 e. The smallest absolute Gasteiger partial charge is 0.252 e. The number of anilines is 1. The molecule has 2 aromatic heterocycles. The number of pyridine rings is 1. The molecule has 0 spiro atoms. The van der Waals surface area contributed by atoms with E-state index in [9.17, 15) is 4.79 Å². The molecule has 0 fully saturated rings. The first-order valence-electron chi connectivity index (χ1n) is 5.51. The van der Waals surface area contributed by atoms with E-state index < -0.39 is 0 Å². The van der Waals surface area contributed by atoms with Crippen molar-refractivity contribution in [3.8, 4) is 0 Å². The highest BCUT2D eigenvalue weighted by molar-refractivity contribution is 5.94. The molecule has 1 atom stereocenters. The van der Waals surface area contributed by atoms with E-state index in [0.29, 0.717) is 23.0 Å². The number of rotatable bonds is 3. The van der Waals surface area contributed by atoms with E-state index in [1.165, 1.54) is 12.3 Å². The number of nitrogens with zero attached hydrogens (tertiary/aromatic N) is 2. The predicted octanol–water partition coefficient (Wildman–Crippen LogP) is 1.45.